The number of phenolic OH excluding ortho intramolecular Hbond substituents is 1. The molecule has 20 heavy (non-hydrogen) atoms. The molecule has 0 aromatic heterocycles. The second-order valence-corrected chi connectivity index (χ2v) is 5.48. The molecule has 106 valence electrons. The van der Waals surface area contributed by atoms with Crippen LogP contribution in [0, 0.1) is 13.8 Å². The zero-order chi connectivity index (χ0) is 14.5. The highest BCUT2D eigenvalue weighted by Gasteiger charge is 2.06. The predicted octanol–water partition coefficient (Wildman–Crippen LogP) is 4.61. The van der Waals surface area contributed by atoms with Crippen molar-refractivity contribution in [2.45, 2.75) is 33.1 Å². The third kappa shape index (κ3) is 3.53. The van der Waals surface area contributed by atoms with E-state index in [2.05, 4.69) is 42.6 Å². The van der Waals surface area contributed by atoms with Gasteiger partial charge >= 0.3 is 0 Å². The molecule has 2 N–H and O–H groups in total. The fraction of sp³-hybridized carbons (Fsp3) is 0.333. The third-order valence-electron chi connectivity index (χ3n) is 3.80. The lowest BCUT2D eigenvalue weighted by Crippen LogP contribution is -2.07. The Morgan fingerprint density at radius 1 is 1.05 bits per heavy atom. The monoisotopic (exact) mass is 269 g/mol. The number of anilines is 1. The lowest BCUT2D eigenvalue weighted by molar-refractivity contribution is 0.471. The maximum atomic E-state index is 9.66. The molecule has 0 amide bonds. The van der Waals surface area contributed by atoms with Gasteiger partial charge in [0.1, 0.15) is 5.75 Å². The molecule has 0 aliphatic rings. The van der Waals surface area contributed by atoms with E-state index < -0.39 is 0 Å². The van der Waals surface area contributed by atoms with E-state index in [-0.39, 0.29) is 0 Å². The van der Waals surface area contributed by atoms with Gasteiger partial charge in [0.05, 0.1) is 0 Å². The molecule has 1 atom stereocenters. The van der Waals surface area contributed by atoms with Gasteiger partial charge in [0.2, 0.25) is 0 Å². The molecule has 0 fully saturated rings. The summed E-state index contributed by atoms with van der Waals surface area (Å²) >= 11 is 0. The Hall–Kier alpha value is -1.96. The Labute approximate surface area is 121 Å². The smallest absolute Gasteiger partial charge is 0.118 e. The Kier molecular flexibility index (Phi) is 4.67. The molecule has 0 aliphatic carbocycles. The van der Waals surface area contributed by atoms with E-state index in [1.165, 1.54) is 5.56 Å². The quantitative estimate of drug-likeness (QED) is 0.777. The molecular formula is C18H23NO. The molecule has 0 spiro atoms. The summed E-state index contributed by atoms with van der Waals surface area (Å²) in [5.74, 6) is 0.910. The summed E-state index contributed by atoms with van der Waals surface area (Å²) in [5, 5.41) is 13.1. The van der Waals surface area contributed by atoms with Crippen LogP contribution < -0.4 is 5.32 Å². The van der Waals surface area contributed by atoms with Crippen LogP contribution >= 0.6 is 0 Å². The SMILES string of the molecule is Cc1cc(NCCC(C)c2ccccc2)c(C)cc1O. The Balaban J connectivity index is 1.92. The van der Waals surface area contributed by atoms with Crippen molar-refractivity contribution in [1.29, 1.82) is 0 Å². The van der Waals surface area contributed by atoms with Crippen LogP contribution in [0.15, 0.2) is 42.5 Å². The van der Waals surface area contributed by atoms with Crippen LogP contribution in [0.4, 0.5) is 5.69 Å². The molecule has 2 aromatic carbocycles. The van der Waals surface area contributed by atoms with Crippen molar-refractivity contribution >= 4 is 5.69 Å². The van der Waals surface area contributed by atoms with Gasteiger partial charge in [0, 0.05) is 12.2 Å². The number of hydrogen-bond donors (Lipinski definition) is 2. The molecule has 0 radical (unpaired) electrons. The second-order valence-electron chi connectivity index (χ2n) is 5.48. The van der Waals surface area contributed by atoms with E-state index >= 15 is 0 Å². The molecule has 2 heteroatoms. The molecule has 0 saturated carbocycles. The third-order valence-corrected chi connectivity index (χ3v) is 3.80. The fourth-order valence-electron chi connectivity index (χ4n) is 2.36. The largest absolute Gasteiger partial charge is 0.508 e. The van der Waals surface area contributed by atoms with Gasteiger partial charge in [0.25, 0.3) is 0 Å². The first-order valence-corrected chi connectivity index (χ1v) is 7.17. The number of benzene rings is 2. The molecule has 2 nitrogen and oxygen atoms in total. The molecule has 2 aromatic rings. The maximum Gasteiger partial charge on any atom is 0.118 e. The minimum absolute atomic E-state index is 0.366. The van der Waals surface area contributed by atoms with Crippen molar-refractivity contribution in [3.8, 4) is 5.75 Å². The molecule has 2 rings (SSSR count). The number of aryl methyl sites for hydroxylation is 2. The molecule has 0 aliphatic heterocycles. The van der Waals surface area contributed by atoms with E-state index in [9.17, 15) is 5.11 Å². The molecule has 0 heterocycles. The van der Waals surface area contributed by atoms with Crippen LogP contribution in [0.5, 0.6) is 5.75 Å². The first-order valence-electron chi connectivity index (χ1n) is 7.17. The van der Waals surface area contributed by atoms with E-state index in [0.29, 0.717) is 11.7 Å². The maximum absolute atomic E-state index is 9.66. The zero-order valence-corrected chi connectivity index (χ0v) is 12.5. The molecule has 0 bridgehead atoms. The topological polar surface area (TPSA) is 32.3 Å². The normalized spacial score (nSPS) is 12.2. The summed E-state index contributed by atoms with van der Waals surface area (Å²) in [4.78, 5) is 0. The average molecular weight is 269 g/mol. The zero-order valence-electron chi connectivity index (χ0n) is 12.5. The number of phenols is 1. The number of hydrogen-bond acceptors (Lipinski definition) is 2. The Bertz CT molecular complexity index is 563. The first kappa shape index (κ1) is 14.4. The number of aromatic hydroxyl groups is 1. The minimum Gasteiger partial charge on any atom is -0.508 e. The number of nitrogens with one attached hydrogen (secondary N) is 1. The van der Waals surface area contributed by atoms with Crippen molar-refractivity contribution in [2.24, 2.45) is 0 Å². The Morgan fingerprint density at radius 3 is 2.45 bits per heavy atom. The summed E-state index contributed by atoms with van der Waals surface area (Å²) in [6.45, 7) is 7.13. The van der Waals surface area contributed by atoms with E-state index in [4.69, 9.17) is 0 Å². The van der Waals surface area contributed by atoms with Crippen LogP contribution in [0.25, 0.3) is 0 Å². The molecule has 0 saturated heterocycles. The van der Waals surface area contributed by atoms with Crippen LogP contribution in [-0.2, 0) is 0 Å². The highest BCUT2D eigenvalue weighted by molar-refractivity contribution is 5.56. The van der Waals surface area contributed by atoms with Gasteiger partial charge in [-0.15, -0.1) is 0 Å². The van der Waals surface area contributed by atoms with Gasteiger partial charge in [-0.05, 0) is 55.0 Å². The van der Waals surface area contributed by atoms with Gasteiger partial charge in [-0.3, -0.25) is 0 Å². The predicted molar refractivity (Wildman–Crippen MR) is 85.5 cm³/mol. The van der Waals surface area contributed by atoms with Crippen LogP contribution in [0.1, 0.15) is 36.0 Å². The summed E-state index contributed by atoms with van der Waals surface area (Å²) < 4.78 is 0. The van der Waals surface area contributed by atoms with Gasteiger partial charge in [0.15, 0.2) is 0 Å². The average Bonchev–Trinajstić information content (AvgIpc) is 2.45. The van der Waals surface area contributed by atoms with Gasteiger partial charge < -0.3 is 10.4 Å². The van der Waals surface area contributed by atoms with E-state index in [0.717, 1.165) is 29.8 Å². The second kappa shape index (κ2) is 6.47. The highest BCUT2D eigenvalue weighted by atomic mass is 16.3. The minimum atomic E-state index is 0.366. The summed E-state index contributed by atoms with van der Waals surface area (Å²) in [6, 6.07) is 14.4. The fourth-order valence-corrected chi connectivity index (χ4v) is 2.36. The summed E-state index contributed by atoms with van der Waals surface area (Å²) in [7, 11) is 0. The van der Waals surface area contributed by atoms with Gasteiger partial charge in [-0.25, -0.2) is 0 Å². The number of rotatable bonds is 5. The molecular weight excluding hydrogens is 246 g/mol. The van der Waals surface area contributed by atoms with Crippen molar-refractivity contribution in [3.05, 3.63) is 59.2 Å². The van der Waals surface area contributed by atoms with E-state index in [1.807, 2.05) is 26.0 Å². The van der Waals surface area contributed by atoms with Crippen LogP contribution in [0.3, 0.4) is 0 Å². The van der Waals surface area contributed by atoms with Crippen LogP contribution in [0.2, 0.25) is 0 Å². The van der Waals surface area contributed by atoms with Gasteiger partial charge in [-0.2, -0.15) is 0 Å². The summed E-state index contributed by atoms with van der Waals surface area (Å²) in [5.41, 5.74) is 4.49. The first-order chi connectivity index (χ1) is 9.58. The molecule has 1 unspecified atom stereocenters. The van der Waals surface area contributed by atoms with Crippen molar-refractivity contribution in [1.82, 2.24) is 0 Å². The lowest BCUT2D eigenvalue weighted by Gasteiger charge is -2.15. The van der Waals surface area contributed by atoms with E-state index in [1.54, 1.807) is 0 Å². The highest BCUT2D eigenvalue weighted by Crippen LogP contribution is 2.25. The van der Waals surface area contributed by atoms with Crippen LogP contribution in [-0.4, -0.2) is 11.7 Å². The lowest BCUT2D eigenvalue weighted by atomic mass is 9.98. The van der Waals surface area contributed by atoms with Crippen molar-refractivity contribution in [3.63, 3.8) is 0 Å². The van der Waals surface area contributed by atoms with Crippen molar-refractivity contribution in [2.75, 3.05) is 11.9 Å². The summed E-state index contributed by atoms with van der Waals surface area (Å²) in [6.07, 6.45) is 1.09. The van der Waals surface area contributed by atoms with Crippen molar-refractivity contribution < 1.29 is 5.11 Å². The standard InChI is InChI=1S/C18H23NO/c1-13(16-7-5-4-6-8-16)9-10-19-17-11-15(3)18(20)12-14(17)2/h4-8,11-13,19-20H,9-10H2,1-3H3. The van der Waals surface area contributed by atoms with Gasteiger partial charge in [-0.1, -0.05) is 37.3 Å². The Morgan fingerprint density at radius 2 is 1.75 bits per heavy atom.